The largest absolute Gasteiger partial charge is 0.506 e. The molecule has 21 heavy (non-hydrogen) atoms. The highest BCUT2D eigenvalue weighted by atomic mass is 16.5. The zero-order chi connectivity index (χ0) is 15.4. The lowest BCUT2D eigenvalue weighted by Crippen LogP contribution is -2.13. The molecule has 0 aliphatic carbocycles. The molecule has 5 heteroatoms. The van der Waals surface area contributed by atoms with E-state index < -0.39 is 0 Å². The number of anilines is 1. The summed E-state index contributed by atoms with van der Waals surface area (Å²) < 4.78 is 10.3. The van der Waals surface area contributed by atoms with Gasteiger partial charge in [-0.25, -0.2) is 0 Å². The molecule has 0 heterocycles. The predicted octanol–water partition coefficient (Wildman–Crippen LogP) is 2.97. The van der Waals surface area contributed by atoms with E-state index in [1.165, 1.54) is 7.11 Å². The Hall–Kier alpha value is -2.69. The summed E-state index contributed by atoms with van der Waals surface area (Å²) in [7, 11) is 3.02. The first-order valence-corrected chi connectivity index (χ1v) is 6.38. The summed E-state index contributed by atoms with van der Waals surface area (Å²) >= 11 is 0. The van der Waals surface area contributed by atoms with Crippen LogP contribution in [-0.2, 0) is 0 Å². The summed E-state index contributed by atoms with van der Waals surface area (Å²) in [4.78, 5) is 12.3. The van der Waals surface area contributed by atoms with Gasteiger partial charge in [0.15, 0.2) is 0 Å². The first-order chi connectivity index (χ1) is 10.0. The van der Waals surface area contributed by atoms with Gasteiger partial charge in [-0.2, -0.15) is 0 Å². The molecular formula is C16H17NO4. The molecular weight excluding hydrogens is 270 g/mol. The average Bonchev–Trinajstić information content (AvgIpc) is 2.49. The number of amides is 1. The fraction of sp³-hybridized carbons (Fsp3) is 0.188. The number of aryl methyl sites for hydroxylation is 1. The molecule has 2 N–H and O–H groups in total. The summed E-state index contributed by atoms with van der Waals surface area (Å²) in [5.74, 6) is 0.657. The highest BCUT2D eigenvalue weighted by Crippen LogP contribution is 2.28. The molecule has 0 aliphatic heterocycles. The minimum atomic E-state index is -0.367. The number of rotatable bonds is 4. The van der Waals surface area contributed by atoms with E-state index in [1.54, 1.807) is 43.5 Å². The fourth-order valence-electron chi connectivity index (χ4n) is 1.92. The molecule has 0 aromatic heterocycles. The van der Waals surface area contributed by atoms with Crippen molar-refractivity contribution in [3.05, 3.63) is 47.5 Å². The van der Waals surface area contributed by atoms with Crippen LogP contribution in [0.4, 0.5) is 5.69 Å². The minimum Gasteiger partial charge on any atom is -0.506 e. The number of nitrogens with one attached hydrogen (secondary N) is 1. The van der Waals surface area contributed by atoms with E-state index in [9.17, 15) is 9.90 Å². The Morgan fingerprint density at radius 2 is 1.86 bits per heavy atom. The van der Waals surface area contributed by atoms with Crippen molar-refractivity contribution in [2.75, 3.05) is 19.5 Å². The summed E-state index contributed by atoms with van der Waals surface area (Å²) in [5.41, 5.74) is 1.62. The van der Waals surface area contributed by atoms with Crippen LogP contribution in [0.25, 0.3) is 0 Å². The molecule has 1 amide bonds. The Morgan fingerprint density at radius 3 is 2.48 bits per heavy atom. The van der Waals surface area contributed by atoms with Gasteiger partial charge in [-0.15, -0.1) is 0 Å². The summed E-state index contributed by atoms with van der Waals surface area (Å²) in [6, 6.07) is 9.95. The van der Waals surface area contributed by atoms with E-state index in [0.29, 0.717) is 22.7 Å². The number of hydrogen-bond acceptors (Lipinski definition) is 4. The Morgan fingerprint density at radius 1 is 1.10 bits per heavy atom. The number of hydrogen-bond donors (Lipinski definition) is 2. The molecule has 0 atom stereocenters. The Balaban J connectivity index is 2.28. The Labute approximate surface area is 123 Å². The lowest BCUT2D eigenvalue weighted by molar-refractivity contribution is 0.102. The maximum absolute atomic E-state index is 12.3. The van der Waals surface area contributed by atoms with Crippen molar-refractivity contribution in [1.29, 1.82) is 0 Å². The van der Waals surface area contributed by atoms with Gasteiger partial charge >= 0.3 is 0 Å². The maximum atomic E-state index is 12.3. The smallest absolute Gasteiger partial charge is 0.259 e. The molecule has 0 bridgehead atoms. The van der Waals surface area contributed by atoms with Crippen molar-refractivity contribution < 1.29 is 19.4 Å². The number of carbonyl (C=O) groups is 1. The van der Waals surface area contributed by atoms with Crippen LogP contribution in [0.2, 0.25) is 0 Å². The lowest BCUT2D eigenvalue weighted by atomic mass is 10.1. The first kappa shape index (κ1) is 14.7. The van der Waals surface area contributed by atoms with Gasteiger partial charge in [-0.1, -0.05) is 6.07 Å². The predicted molar refractivity (Wildman–Crippen MR) is 80.3 cm³/mol. The molecule has 2 aromatic carbocycles. The normalized spacial score (nSPS) is 10.0. The number of carbonyl (C=O) groups excluding carboxylic acids is 1. The van der Waals surface area contributed by atoms with Crippen LogP contribution in [0.1, 0.15) is 15.9 Å². The second kappa shape index (κ2) is 6.17. The number of ether oxygens (including phenoxy) is 2. The van der Waals surface area contributed by atoms with E-state index in [4.69, 9.17) is 9.47 Å². The van der Waals surface area contributed by atoms with Crippen LogP contribution >= 0.6 is 0 Å². The van der Waals surface area contributed by atoms with Crippen molar-refractivity contribution >= 4 is 11.6 Å². The van der Waals surface area contributed by atoms with Crippen LogP contribution in [0, 0.1) is 6.92 Å². The van der Waals surface area contributed by atoms with Gasteiger partial charge in [0, 0.05) is 6.07 Å². The van der Waals surface area contributed by atoms with Crippen LogP contribution in [-0.4, -0.2) is 25.2 Å². The van der Waals surface area contributed by atoms with Crippen molar-refractivity contribution in [3.63, 3.8) is 0 Å². The van der Waals surface area contributed by atoms with Gasteiger partial charge in [-0.3, -0.25) is 4.79 Å². The highest BCUT2D eigenvalue weighted by Gasteiger charge is 2.15. The number of aromatic hydroxyl groups is 1. The molecule has 0 unspecified atom stereocenters. The molecule has 0 fully saturated rings. The molecule has 0 aliphatic rings. The number of benzene rings is 2. The Kier molecular flexibility index (Phi) is 4.33. The standard InChI is InChI=1S/C16H17NO4/c1-10-4-7-13(14(18)8-10)17-16(19)12-6-5-11(20-2)9-15(12)21-3/h4-9,18H,1-3H3,(H,17,19). The third-order valence-electron chi connectivity index (χ3n) is 3.05. The van der Waals surface area contributed by atoms with E-state index in [-0.39, 0.29) is 11.7 Å². The molecule has 0 spiro atoms. The van der Waals surface area contributed by atoms with Crippen LogP contribution in [0.5, 0.6) is 17.2 Å². The third-order valence-corrected chi connectivity index (χ3v) is 3.05. The summed E-state index contributed by atoms with van der Waals surface area (Å²) in [5, 5.41) is 12.5. The number of methoxy groups -OCH3 is 2. The fourth-order valence-corrected chi connectivity index (χ4v) is 1.92. The van der Waals surface area contributed by atoms with Crippen LogP contribution in [0.3, 0.4) is 0 Å². The minimum absolute atomic E-state index is 0.0239. The van der Waals surface area contributed by atoms with E-state index in [2.05, 4.69) is 5.32 Å². The molecule has 110 valence electrons. The quantitative estimate of drug-likeness (QED) is 0.848. The maximum Gasteiger partial charge on any atom is 0.259 e. The van der Waals surface area contributed by atoms with E-state index in [1.807, 2.05) is 6.92 Å². The van der Waals surface area contributed by atoms with Gasteiger partial charge in [0.25, 0.3) is 5.91 Å². The summed E-state index contributed by atoms with van der Waals surface area (Å²) in [6.07, 6.45) is 0. The zero-order valence-corrected chi connectivity index (χ0v) is 12.1. The number of phenols is 1. The van der Waals surface area contributed by atoms with Gasteiger partial charge in [0.05, 0.1) is 25.5 Å². The topological polar surface area (TPSA) is 67.8 Å². The van der Waals surface area contributed by atoms with Crippen LogP contribution < -0.4 is 14.8 Å². The van der Waals surface area contributed by atoms with E-state index in [0.717, 1.165) is 5.56 Å². The highest BCUT2D eigenvalue weighted by molar-refractivity contribution is 6.07. The van der Waals surface area contributed by atoms with E-state index >= 15 is 0 Å². The molecule has 0 saturated heterocycles. The Bertz CT molecular complexity index is 667. The third kappa shape index (κ3) is 3.25. The van der Waals surface area contributed by atoms with Crippen molar-refractivity contribution in [2.24, 2.45) is 0 Å². The second-order valence-electron chi connectivity index (χ2n) is 4.54. The van der Waals surface area contributed by atoms with Gasteiger partial charge in [0.1, 0.15) is 17.2 Å². The second-order valence-corrected chi connectivity index (χ2v) is 4.54. The van der Waals surface area contributed by atoms with Gasteiger partial charge < -0.3 is 19.9 Å². The molecule has 0 saturated carbocycles. The summed E-state index contributed by atoms with van der Waals surface area (Å²) in [6.45, 7) is 1.86. The number of phenolic OH excluding ortho intramolecular Hbond substituents is 1. The van der Waals surface area contributed by atoms with Gasteiger partial charge in [-0.05, 0) is 36.8 Å². The van der Waals surface area contributed by atoms with Crippen molar-refractivity contribution in [2.45, 2.75) is 6.92 Å². The SMILES string of the molecule is COc1ccc(C(=O)Nc2ccc(C)cc2O)c(OC)c1. The van der Waals surface area contributed by atoms with Crippen molar-refractivity contribution in [1.82, 2.24) is 0 Å². The average molecular weight is 287 g/mol. The monoisotopic (exact) mass is 287 g/mol. The van der Waals surface area contributed by atoms with Crippen molar-refractivity contribution in [3.8, 4) is 17.2 Å². The lowest BCUT2D eigenvalue weighted by Gasteiger charge is -2.12. The molecule has 5 nitrogen and oxygen atoms in total. The first-order valence-electron chi connectivity index (χ1n) is 6.38. The van der Waals surface area contributed by atoms with Gasteiger partial charge in [0.2, 0.25) is 0 Å². The molecule has 2 aromatic rings. The molecule has 0 radical (unpaired) electrons. The molecule has 2 rings (SSSR count). The zero-order valence-electron chi connectivity index (χ0n) is 12.1. The van der Waals surface area contributed by atoms with Crippen LogP contribution in [0.15, 0.2) is 36.4 Å².